The molecule has 0 saturated heterocycles. The van der Waals surface area contributed by atoms with Crippen molar-refractivity contribution in [3.05, 3.63) is 32.8 Å². The molecule has 1 aromatic carbocycles. The van der Waals surface area contributed by atoms with Crippen molar-refractivity contribution in [2.75, 3.05) is 6.54 Å². The third-order valence-corrected chi connectivity index (χ3v) is 5.61. The van der Waals surface area contributed by atoms with Crippen LogP contribution in [0.2, 0.25) is 5.02 Å². The van der Waals surface area contributed by atoms with E-state index in [9.17, 15) is 18.5 Å². The van der Waals surface area contributed by atoms with E-state index in [-0.39, 0.29) is 23.8 Å². The van der Waals surface area contributed by atoms with Gasteiger partial charge in [0.1, 0.15) is 9.92 Å². The van der Waals surface area contributed by atoms with E-state index < -0.39 is 31.2 Å². The van der Waals surface area contributed by atoms with E-state index in [0.717, 1.165) is 0 Å². The van der Waals surface area contributed by atoms with Gasteiger partial charge in [-0.2, -0.15) is 0 Å². The number of hydrogen-bond donors (Lipinski definition) is 2. The van der Waals surface area contributed by atoms with Crippen LogP contribution in [0.1, 0.15) is 32.3 Å². The molecule has 0 atom stereocenters. The molecule has 0 saturated carbocycles. The Bertz CT molecular complexity index is 676. The lowest BCUT2D eigenvalue weighted by atomic mass is 9.95. The number of halogens is 2. The maximum atomic E-state index is 12.4. The molecule has 0 aliphatic carbocycles. The van der Waals surface area contributed by atoms with Gasteiger partial charge in [-0.15, -0.1) is 12.4 Å². The second-order valence-electron chi connectivity index (χ2n) is 5.25. The number of aryl methyl sites for hydroxylation is 1. The fraction of sp³-hybridized carbons (Fsp3) is 0.538. The molecule has 0 aromatic heterocycles. The summed E-state index contributed by atoms with van der Waals surface area (Å²) in [7, 11) is -3.99. The molecule has 0 spiro atoms. The van der Waals surface area contributed by atoms with Gasteiger partial charge in [0.2, 0.25) is 10.0 Å². The van der Waals surface area contributed by atoms with Crippen LogP contribution in [0.25, 0.3) is 0 Å². The van der Waals surface area contributed by atoms with Gasteiger partial charge in [0, 0.05) is 18.2 Å². The molecule has 1 aromatic rings. The van der Waals surface area contributed by atoms with Crippen molar-refractivity contribution in [2.24, 2.45) is 5.73 Å². The Balaban J connectivity index is 0.00000484. The van der Waals surface area contributed by atoms with Gasteiger partial charge in [-0.05, 0) is 31.4 Å². The summed E-state index contributed by atoms with van der Waals surface area (Å²) < 4.78 is 27.2. The van der Waals surface area contributed by atoms with Crippen molar-refractivity contribution >= 4 is 39.7 Å². The van der Waals surface area contributed by atoms with Crippen molar-refractivity contribution in [1.82, 2.24) is 4.72 Å². The monoisotopic (exact) mass is 385 g/mol. The summed E-state index contributed by atoms with van der Waals surface area (Å²) in [5.74, 6) is 0. The molecule has 23 heavy (non-hydrogen) atoms. The summed E-state index contributed by atoms with van der Waals surface area (Å²) in [6, 6.07) is 2.53. The highest BCUT2D eigenvalue weighted by atomic mass is 35.5. The molecule has 0 aliphatic rings. The molecule has 0 radical (unpaired) electrons. The summed E-state index contributed by atoms with van der Waals surface area (Å²) in [6.45, 7) is 5.32. The van der Waals surface area contributed by atoms with Gasteiger partial charge in [0.25, 0.3) is 5.69 Å². The number of nitrogens with one attached hydrogen (secondary N) is 1. The number of nitrogens with zero attached hydrogens (tertiary/aromatic N) is 1. The van der Waals surface area contributed by atoms with Gasteiger partial charge in [-0.3, -0.25) is 10.1 Å². The summed E-state index contributed by atoms with van der Waals surface area (Å²) in [5, 5.41) is 10.5. The number of rotatable bonds is 7. The van der Waals surface area contributed by atoms with E-state index in [1.807, 2.05) is 13.8 Å². The fourth-order valence-electron chi connectivity index (χ4n) is 1.86. The average Bonchev–Trinajstić information content (AvgIpc) is 2.46. The third-order valence-electron chi connectivity index (χ3n) is 3.67. The molecule has 0 heterocycles. The van der Waals surface area contributed by atoms with Crippen molar-refractivity contribution < 1.29 is 13.3 Å². The molecular formula is C13H21Cl2N3O4S. The summed E-state index contributed by atoms with van der Waals surface area (Å²) >= 11 is 5.89. The third kappa shape index (κ3) is 5.29. The van der Waals surface area contributed by atoms with Crippen LogP contribution in [0, 0.1) is 17.0 Å². The van der Waals surface area contributed by atoms with Gasteiger partial charge in [-0.1, -0.05) is 25.4 Å². The predicted octanol–water partition coefficient (Wildman–Crippen LogP) is 2.77. The van der Waals surface area contributed by atoms with E-state index in [4.69, 9.17) is 17.3 Å². The molecule has 0 unspecified atom stereocenters. The molecule has 1 rings (SSSR count). The Hall–Kier alpha value is -0.930. The van der Waals surface area contributed by atoms with E-state index in [2.05, 4.69) is 4.72 Å². The Morgan fingerprint density at radius 3 is 2.30 bits per heavy atom. The largest absolute Gasteiger partial charge is 0.324 e. The zero-order valence-electron chi connectivity index (χ0n) is 13.1. The van der Waals surface area contributed by atoms with Crippen LogP contribution in [0.15, 0.2) is 17.0 Å². The van der Waals surface area contributed by atoms with Crippen molar-refractivity contribution in [1.29, 1.82) is 0 Å². The second kappa shape index (κ2) is 8.25. The zero-order chi connectivity index (χ0) is 17.1. The molecule has 0 bridgehead atoms. The highest BCUT2D eigenvalue weighted by Crippen LogP contribution is 2.32. The fourth-order valence-corrected chi connectivity index (χ4v) is 3.66. The summed E-state index contributed by atoms with van der Waals surface area (Å²) in [4.78, 5) is 9.93. The Kier molecular flexibility index (Phi) is 7.92. The van der Waals surface area contributed by atoms with Crippen molar-refractivity contribution in [2.45, 2.75) is 44.0 Å². The molecule has 0 amide bonds. The van der Waals surface area contributed by atoms with Crippen LogP contribution in [-0.4, -0.2) is 25.4 Å². The number of nitro benzene ring substituents is 1. The van der Waals surface area contributed by atoms with E-state index in [1.54, 1.807) is 6.92 Å². The first kappa shape index (κ1) is 22.1. The number of sulfonamides is 1. The van der Waals surface area contributed by atoms with Crippen LogP contribution in [0.4, 0.5) is 5.69 Å². The predicted molar refractivity (Wildman–Crippen MR) is 92.8 cm³/mol. The first-order valence-corrected chi connectivity index (χ1v) is 8.65. The Morgan fingerprint density at radius 1 is 1.35 bits per heavy atom. The molecule has 10 heteroatoms. The number of benzene rings is 1. The first-order valence-electron chi connectivity index (χ1n) is 6.79. The maximum Gasteiger partial charge on any atom is 0.289 e. The minimum atomic E-state index is -3.99. The number of nitrogens with two attached hydrogens (primary N) is 1. The highest BCUT2D eigenvalue weighted by molar-refractivity contribution is 7.89. The maximum absolute atomic E-state index is 12.4. The molecule has 0 aliphatic heterocycles. The highest BCUT2D eigenvalue weighted by Gasteiger charge is 2.28. The van der Waals surface area contributed by atoms with Gasteiger partial charge in [0.05, 0.1) is 4.92 Å². The minimum absolute atomic E-state index is 0. The van der Waals surface area contributed by atoms with Gasteiger partial charge >= 0.3 is 0 Å². The average molecular weight is 386 g/mol. The molecule has 0 fully saturated rings. The molecular weight excluding hydrogens is 365 g/mol. The lowest BCUT2D eigenvalue weighted by Gasteiger charge is -2.26. The SMILES string of the molecule is CCC(N)(CC)CNS(=O)(=O)c1cc(C)cc([N+](=O)[O-])c1Cl.Cl. The normalized spacial score (nSPS) is 11.9. The minimum Gasteiger partial charge on any atom is -0.324 e. The van der Waals surface area contributed by atoms with E-state index in [0.29, 0.717) is 18.4 Å². The van der Waals surface area contributed by atoms with Gasteiger partial charge in [-0.25, -0.2) is 13.1 Å². The lowest BCUT2D eigenvalue weighted by molar-refractivity contribution is -0.385. The first-order chi connectivity index (χ1) is 10.1. The van der Waals surface area contributed by atoms with Crippen molar-refractivity contribution in [3.63, 3.8) is 0 Å². The number of nitro groups is 1. The van der Waals surface area contributed by atoms with Crippen LogP contribution < -0.4 is 10.5 Å². The smallest absolute Gasteiger partial charge is 0.289 e. The molecule has 132 valence electrons. The van der Waals surface area contributed by atoms with Crippen molar-refractivity contribution in [3.8, 4) is 0 Å². The van der Waals surface area contributed by atoms with Crippen LogP contribution >= 0.6 is 24.0 Å². The van der Waals surface area contributed by atoms with E-state index >= 15 is 0 Å². The van der Waals surface area contributed by atoms with Gasteiger partial charge < -0.3 is 5.73 Å². The van der Waals surface area contributed by atoms with Crippen LogP contribution in [-0.2, 0) is 10.0 Å². The van der Waals surface area contributed by atoms with Crippen LogP contribution in [0.5, 0.6) is 0 Å². The van der Waals surface area contributed by atoms with Crippen LogP contribution in [0.3, 0.4) is 0 Å². The summed E-state index contributed by atoms with van der Waals surface area (Å²) in [6.07, 6.45) is 1.18. The zero-order valence-corrected chi connectivity index (χ0v) is 15.5. The molecule has 7 nitrogen and oxygen atoms in total. The topological polar surface area (TPSA) is 115 Å². The van der Waals surface area contributed by atoms with E-state index in [1.165, 1.54) is 12.1 Å². The summed E-state index contributed by atoms with van der Waals surface area (Å²) in [5.41, 5.74) is 5.38. The lowest BCUT2D eigenvalue weighted by Crippen LogP contribution is -2.49. The Labute approximate surface area is 147 Å². The quantitative estimate of drug-likeness (QED) is 0.552. The molecule has 3 N–H and O–H groups in total. The Morgan fingerprint density at radius 2 is 1.87 bits per heavy atom. The standard InChI is InChI=1S/C13H20ClN3O4S.ClH/c1-4-13(15,5-2)8-16-22(20,21)11-7-9(3)6-10(12(11)14)17(18)19;/h6-7,16H,4-5,8,15H2,1-3H3;1H. The second-order valence-corrected chi connectivity index (χ2v) is 7.36. The number of hydrogen-bond acceptors (Lipinski definition) is 5. The van der Waals surface area contributed by atoms with Gasteiger partial charge in [0.15, 0.2) is 0 Å².